The fraction of sp³-hybridized carbons (Fsp3) is 0.222. The van der Waals surface area contributed by atoms with Crippen molar-refractivity contribution in [1.82, 2.24) is 0 Å². The number of rotatable bonds is 4. The van der Waals surface area contributed by atoms with Gasteiger partial charge in [0.1, 0.15) is 5.02 Å². The van der Waals surface area contributed by atoms with Crippen LogP contribution in [0.1, 0.15) is 22.3 Å². The Bertz CT molecular complexity index is 884. The lowest BCUT2D eigenvalue weighted by Gasteiger charge is -2.29. The summed E-state index contributed by atoms with van der Waals surface area (Å²) in [6.45, 7) is 0.114. The van der Waals surface area contributed by atoms with Crippen molar-refractivity contribution < 1.29 is 19.2 Å². The number of hydrogen-bond donors (Lipinski definition) is 0. The molecule has 0 saturated heterocycles. The first-order valence-electron chi connectivity index (χ1n) is 7.96. The van der Waals surface area contributed by atoms with Gasteiger partial charge in [0.15, 0.2) is 6.61 Å². The molecule has 7 nitrogen and oxygen atoms in total. The van der Waals surface area contributed by atoms with Gasteiger partial charge in [-0.2, -0.15) is 0 Å². The number of aryl methyl sites for hydroxylation is 1. The Morgan fingerprint density at radius 3 is 2.77 bits per heavy atom. The first-order chi connectivity index (χ1) is 12.5. The van der Waals surface area contributed by atoms with Crippen LogP contribution in [0.25, 0.3) is 0 Å². The number of benzene rings is 2. The van der Waals surface area contributed by atoms with Gasteiger partial charge in [-0.15, -0.1) is 0 Å². The van der Waals surface area contributed by atoms with Crippen molar-refractivity contribution >= 4 is 34.9 Å². The van der Waals surface area contributed by atoms with Crippen LogP contribution < -0.4 is 4.90 Å². The summed E-state index contributed by atoms with van der Waals surface area (Å²) >= 11 is 5.72. The van der Waals surface area contributed by atoms with E-state index in [1.165, 1.54) is 12.1 Å². The van der Waals surface area contributed by atoms with Crippen LogP contribution in [0.5, 0.6) is 0 Å². The molecule has 26 heavy (non-hydrogen) atoms. The number of ether oxygens (including phenoxy) is 1. The molecular weight excluding hydrogens is 360 g/mol. The number of para-hydroxylation sites is 1. The van der Waals surface area contributed by atoms with Crippen molar-refractivity contribution in [3.63, 3.8) is 0 Å². The Kier molecular flexibility index (Phi) is 5.18. The molecular formula is C18H15ClN2O5. The minimum Gasteiger partial charge on any atom is -0.452 e. The van der Waals surface area contributed by atoms with Crippen molar-refractivity contribution in [2.45, 2.75) is 12.8 Å². The van der Waals surface area contributed by atoms with Crippen molar-refractivity contribution in [2.24, 2.45) is 0 Å². The quantitative estimate of drug-likeness (QED) is 0.465. The van der Waals surface area contributed by atoms with E-state index in [2.05, 4.69) is 0 Å². The second-order valence-electron chi connectivity index (χ2n) is 5.78. The normalized spacial score (nSPS) is 13.0. The topological polar surface area (TPSA) is 89.8 Å². The van der Waals surface area contributed by atoms with Gasteiger partial charge in [0, 0.05) is 18.3 Å². The zero-order chi connectivity index (χ0) is 18.7. The molecule has 1 heterocycles. The van der Waals surface area contributed by atoms with Gasteiger partial charge in [-0.3, -0.25) is 14.9 Å². The first kappa shape index (κ1) is 17.9. The van der Waals surface area contributed by atoms with Gasteiger partial charge in [-0.05, 0) is 36.6 Å². The number of carbonyl (C=O) groups excluding carboxylic acids is 2. The number of halogens is 1. The Hall–Kier alpha value is -2.93. The van der Waals surface area contributed by atoms with Gasteiger partial charge >= 0.3 is 5.97 Å². The predicted molar refractivity (Wildman–Crippen MR) is 95.5 cm³/mol. The maximum Gasteiger partial charge on any atom is 0.338 e. The summed E-state index contributed by atoms with van der Waals surface area (Å²) in [5.41, 5.74) is 1.47. The molecule has 3 rings (SSSR count). The van der Waals surface area contributed by atoms with Gasteiger partial charge < -0.3 is 9.64 Å². The van der Waals surface area contributed by atoms with Crippen LogP contribution in [-0.4, -0.2) is 30.0 Å². The van der Waals surface area contributed by atoms with E-state index in [-0.39, 0.29) is 16.5 Å². The highest BCUT2D eigenvalue weighted by molar-refractivity contribution is 6.32. The van der Waals surface area contributed by atoms with Crippen molar-refractivity contribution in [3.05, 3.63) is 68.7 Å². The van der Waals surface area contributed by atoms with E-state index in [0.717, 1.165) is 30.2 Å². The Balaban J connectivity index is 1.68. The molecule has 2 aromatic carbocycles. The monoisotopic (exact) mass is 374 g/mol. The minimum absolute atomic E-state index is 0.0343. The van der Waals surface area contributed by atoms with Crippen LogP contribution >= 0.6 is 11.6 Å². The second-order valence-corrected chi connectivity index (χ2v) is 6.18. The third-order valence-electron chi connectivity index (χ3n) is 4.12. The van der Waals surface area contributed by atoms with Gasteiger partial charge in [0.05, 0.1) is 10.5 Å². The van der Waals surface area contributed by atoms with Gasteiger partial charge in [0.2, 0.25) is 0 Å². The van der Waals surface area contributed by atoms with Gasteiger partial charge in [-0.1, -0.05) is 29.8 Å². The standard InChI is InChI=1S/C18H15ClN2O5/c19-14-8-7-13(10-16(14)21(24)25)18(23)26-11-17(22)20-9-3-5-12-4-1-2-6-15(12)20/h1-2,4,6-8,10H,3,5,9,11H2. The van der Waals surface area contributed by atoms with Crippen LogP contribution in [0.4, 0.5) is 11.4 Å². The van der Waals surface area contributed by atoms with Gasteiger partial charge in [0.25, 0.3) is 11.6 Å². The molecule has 0 atom stereocenters. The third-order valence-corrected chi connectivity index (χ3v) is 4.44. The lowest BCUT2D eigenvalue weighted by atomic mass is 10.0. The van der Waals surface area contributed by atoms with Crippen LogP contribution in [0.15, 0.2) is 42.5 Å². The number of carbonyl (C=O) groups is 2. The number of esters is 1. The van der Waals surface area contributed by atoms with Crippen molar-refractivity contribution in [1.29, 1.82) is 0 Å². The van der Waals surface area contributed by atoms with Crippen molar-refractivity contribution in [2.75, 3.05) is 18.1 Å². The molecule has 0 aromatic heterocycles. The lowest BCUT2D eigenvalue weighted by Crippen LogP contribution is -2.38. The number of nitro groups is 1. The fourth-order valence-corrected chi connectivity index (χ4v) is 3.05. The Morgan fingerprint density at radius 1 is 1.23 bits per heavy atom. The van der Waals surface area contributed by atoms with Gasteiger partial charge in [-0.25, -0.2) is 4.79 Å². The number of amides is 1. The summed E-state index contributed by atoms with van der Waals surface area (Å²) in [6, 6.07) is 11.2. The largest absolute Gasteiger partial charge is 0.452 e. The summed E-state index contributed by atoms with van der Waals surface area (Å²) in [4.78, 5) is 36.4. The molecule has 134 valence electrons. The highest BCUT2D eigenvalue weighted by Crippen LogP contribution is 2.27. The highest BCUT2D eigenvalue weighted by atomic mass is 35.5. The summed E-state index contributed by atoms with van der Waals surface area (Å²) in [5, 5.41) is 10.8. The van der Waals surface area contributed by atoms with Crippen molar-refractivity contribution in [3.8, 4) is 0 Å². The maximum absolute atomic E-state index is 12.4. The van der Waals surface area contributed by atoms with Crippen LogP contribution in [0, 0.1) is 10.1 Å². The molecule has 8 heteroatoms. The average molecular weight is 375 g/mol. The van der Waals surface area contributed by atoms with Crippen LogP contribution in [0.3, 0.4) is 0 Å². The fourth-order valence-electron chi connectivity index (χ4n) is 2.86. The number of nitro benzene ring substituents is 1. The lowest BCUT2D eigenvalue weighted by molar-refractivity contribution is -0.384. The van der Waals surface area contributed by atoms with E-state index in [1.54, 1.807) is 4.90 Å². The number of nitrogens with zero attached hydrogens (tertiary/aromatic N) is 2. The maximum atomic E-state index is 12.4. The van der Waals surface area contributed by atoms with E-state index in [9.17, 15) is 19.7 Å². The second kappa shape index (κ2) is 7.53. The predicted octanol–water partition coefficient (Wildman–Crippen LogP) is 3.38. The average Bonchev–Trinajstić information content (AvgIpc) is 2.65. The molecule has 0 bridgehead atoms. The first-order valence-corrected chi connectivity index (χ1v) is 8.34. The van der Waals surface area contributed by atoms with E-state index in [0.29, 0.717) is 6.54 Å². The number of anilines is 1. The van der Waals surface area contributed by atoms with Crippen LogP contribution in [0.2, 0.25) is 5.02 Å². The smallest absolute Gasteiger partial charge is 0.338 e. The summed E-state index contributed by atoms with van der Waals surface area (Å²) in [5.74, 6) is -1.16. The molecule has 0 N–H and O–H groups in total. The number of fused-ring (bicyclic) bond motifs is 1. The molecule has 0 unspecified atom stereocenters. The molecule has 0 aliphatic carbocycles. The zero-order valence-corrected chi connectivity index (χ0v) is 14.4. The van der Waals surface area contributed by atoms with E-state index in [4.69, 9.17) is 16.3 Å². The molecule has 1 amide bonds. The molecule has 1 aliphatic heterocycles. The molecule has 0 radical (unpaired) electrons. The molecule has 2 aromatic rings. The third kappa shape index (κ3) is 3.67. The SMILES string of the molecule is O=C(OCC(=O)N1CCCc2ccccc21)c1ccc(Cl)c([N+](=O)[O-])c1. The molecule has 1 aliphatic rings. The highest BCUT2D eigenvalue weighted by Gasteiger charge is 2.24. The molecule has 0 fully saturated rings. The Labute approximate surface area is 154 Å². The summed E-state index contributed by atoms with van der Waals surface area (Å²) in [6.07, 6.45) is 1.73. The van der Waals surface area contributed by atoms with E-state index < -0.39 is 23.2 Å². The van der Waals surface area contributed by atoms with Crippen LogP contribution in [-0.2, 0) is 16.0 Å². The molecule has 0 spiro atoms. The minimum atomic E-state index is -0.816. The number of hydrogen-bond acceptors (Lipinski definition) is 5. The molecule has 0 saturated carbocycles. The summed E-state index contributed by atoms with van der Waals surface area (Å²) in [7, 11) is 0. The Morgan fingerprint density at radius 2 is 2.00 bits per heavy atom. The van der Waals surface area contributed by atoms with E-state index in [1.807, 2.05) is 24.3 Å². The summed E-state index contributed by atoms with van der Waals surface area (Å²) < 4.78 is 5.04. The zero-order valence-electron chi connectivity index (χ0n) is 13.7. The van der Waals surface area contributed by atoms with E-state index >= 15 is 0 Å².